The molecule has 0 aromatic heterocycles. The van der Waals surface area contributed by atoms with Gasteiger partial charge >= 0.3 is 0 Å². The van der Waals surface area contributed by atoms with E-state index in [0.29, 0.717) is 36.6 Å². The number of amides is 1. The van der Waals surface area contributed by atoms with Crippen molar-refractivity contribution in [1.29, 1.82) is 5.26 Å². The normalized spacial score (nSPS) is 9.96. The van der Waals surface area contributed by atoms with E-state index in [1.54, 1.807) is 24.3 Å². The van der Waals surface area contributed by atoms with Gasteiger partial charge in [0.15, 0.2) is 6.61 Å². The zero-order valence-electron chi connectivity index (χ0n) is 13.3. The maximum absolute atomic E-state index is 13.1. The number of nitriles is 1. The number of ether oxygens (including phenoxy) is 2. The van der Waals surface area contributed by atoms with Gasteiger partial charge in [0, 0.05) is 24.2 Å². The number of nitrogens with zero attached hydrogens (tertiary/aromatic N) is 1. The Morgan fingerprint density at radius 1 is 1.20 bits per heavy atom. The monoisotopic (exact) mass is 362 g/mol. The predicted molar refractivity (Wildman–Crippen MR) is 92.3 cm³/mol. The molecule has 5 nitrogen and oxygen atoms in total. The molecule has 2 aromatic rings. The average Bonchev–Trinajstić information content (AvgIpc) is 2.60. The van der Waals surface area contributed by atoms with Gasteiger partial charge in [0.2, 0.25) is 0 Å². The lowest BCUT2D eigenvalue weighted by molar-refractivity contribution is -0.118. The van der Waals surface area contributed by atoms with Crippen LogP contribution in [0.3, 0.4) is 0 Å². The maximum atomic E-state index is 13.1. The minimum Gasteiger partial charge on any atom is -0.493 e. The summed E-state index contributed by atoms with van der Waals surface area (Å²) in [4.78, 5) is 11.9. The Kier molecular flexibility index (Phi) is 7.05. The summed E-state index contributed by atoms with van der Waals surface area (Å²) in [5, 5.41) is 11.1. The molecule has 2 rings (SSSR count). The molecular weight excluding hydrogens is 347 g/mol. The van der Waals surface area contributed by atoms with Crippen molar-refractivity contribution >= 4 is 23.2 Å². The number of hydrogen-bond donors (Lipinski definition) is 1. The van der Waals surface area contributed by atoms with Crippen LogP contribution in [0.25, 0.3) is 0 Å². The summed E-state index contributed by atoms with van der Waals surface area (Å²) in [5.74, 6) is -0.0229. The highest BCUT2D eigenvalue weighted by Crippen LogP contribution is 2.21. The third-order valence-electron chi connectivity index (χ3n) is 3.08. The molecule has 0 bridgehead atoms. The molecule has 0 atom stereocenters. The number of hydrogen-bond acceptors (Lipinski definition) is 4. The molecule has 25 heavy (non-hydrogen) atoms. The first-order valence-electron chi connectivity index (χ1n) is 7.56. The second-order valence-corrected chi connectivity index (χ2v) is 5.46. The molecule has 7 heteroatoms. The Morgan fingerprint density at radius 3 is 2.76 bits per heavy atom. The van der Waals surface area contributed by atoms with E-state index >= 15 is 0 Å². The summed E-state index contributed by atoms with van der Waals surface area (Å²) >= 11 is 5.65. The van der Waals surface area contributed by atoms with E-state index < -0.39 is 5.82 Å². The van der Waals surface area contributed by atoms with E-state index in [4.69, 9.17) is 26.3 Å². The molecule has 1 amide bonds. The van der Waals surface area contributed by atoms with Crippen LogP contribution in [0.2, 0.25) is 5.02 Å². The minimum absolute atomic E-state index is 0.0702. The van der Waals surface area contributed by atoms with Gasteiger partial charge in [-0.25, -0.2) is 4.39 Å². The fourth-order valence-electron chi connectivity index (χ4n) is 1.92. The fourth-order valence-corrected chi connectivity index (χ4v) is 2.09. The number of benzene rings is 2. The average molecular weight is 363 g/mol. The molecule has 0 aliphatic heterocycles. The lowest BCUT2D eigenvalue weighted by Crippen LogP contribution is -2.20. The lowest BCUT2D eigenvalue weighted by atomic mass is 10.3. The van der Waals surface area contributed by atoms with Gasteiger partial charge in [0.1, 0.15) is 17.3 Å². The van der Waals surface area contributed by atoms with Gasteiger partial charge in [0.05, 0.1) is 17.7 Å². The highest BCUT2D eigenvalue weighted by molar-refractivity contribution is 6.30. The Bertz CT molecular complexity index is 777. The molecule has 0 unspecified atom stereocenters. The minimum atomic E-state index is -0.551. The van der Waals surface area contributed by atoms with Gasteiger partial charge in [-0.15, -0.1) is 0 Å². The van der Waals surface area contributed by atoms with Crippen LogP contribution in [0.15, 0.2) is 42.5 Å². The van der Waals surface area contributed by atoms with Crippen LogP contribution in [-0.2, 0) is 4.79 Å². The lowest BCUT2D eigenvalue weighted by Gasteiger charge is -2.10. The second kappa shape index (κ2) is 9.50. The molecule has 0 aliphatic carbocycles. The van der Waals surface area contributed by atoms with E-state index in [1.165, 1.54) is 18.2 Å². The number of halogens is 2. The van der Waals surface area contributed by atoms with Crippen LogP contribution in [0.1, 0.15) is 12.8 Å². The summed E-state index contributed by atoms with van der Waals surface area (Å²) < 4.78 is 23.8. The Hall–Kier alpha value is -2.78. The van der Waals surface area contributed by atoms with Crippen LogP contribution >= 0.6 is 11.6 Å². The molecule has 1 N–H and O–H groups in total. The molecule has 0 saturated heterocycles. The standard InChI is InChI=1S/C18H16ClFN2O3/c19-16-11-15(6-7-17(16)20)25-12-18(23)22-13-4-3-5-14(10-13)24-9-2-1-8-21/h3-7,10-11H,1-2,9,12H2,(H,22,23). The van der Waals surface area contributed by atoms with Crippen molar-refractivity contribution < 1.29 is 18.7 Å². The van der Waals surface area contributed by atoms with E-state index in [2.05, 4.69) is 5.32 Å². The van der Waals surface area contributed by atoms with E-state index in [1.807, 2.05) is 6.07 Å². The first-order valence-corrected chi connectivity index (χ1v) is 7.94. The topological polar surface area (TPSA) is 71.3 Å². The molecule has 0 aliphatic rings. The van der Waals surface area contributed by atoms with Crippen molar-refractivity contribution in [3.05, 3.63) is 53.3 Å². The first kappa shape index (κ1) is 18.6. The van der Waals surface area contributed by atoms with Crippen molar-refractivity contribution in [2.24, 2.45) is 0 Å². The van der Waals surface area contributed by atoms with Gasteiger partial charge in [-0.3, -0.25) is 4.79 Å². The molecule has 2 aromatic carbocycles. The second-order valence-electron chi connectivity index (χ2n) is 5.05. The Balaban J connectivity index is 1.83. The van der Waals surface area contributed by atoms with E-state index in [9.17, 15) is 9.18 Å². The SMILES string of the molecule is N#CCCCOc1cccc(NC(=O)COc2ccc(F)c(Cl)c2)c1. The molecule has 0 fully saturated rings. The summed E-state index contributed by atoms with van der Waals surface area (Å²) in [5.41, 5.74) is 0.559. The van der Waals surface area contributed by atoms with Crippen molar-refractivity contribution in [1.82, 2.24) is 0 Å². The third kappa shape index (κ3) is 6.32. The van der Waals surface area contributed by atoms with Crippen LogP contribution in [-0.4, -0.2) is 19.1 Å². The smallest absolute Gasteiger partial charge is 0.262 e. The highest BCUT2D eigenvalue weighted by atomic mass is 35.5. The highest BCUT2D eigenvalue weighted by Gasteiger charge is 2.07. The molecule has 130 valence electrons. The van der Waals surface area contributed by atoms with Gasteiger partial charge in [-0.1, -0.05) is 17.7 Å². The first-order chi connectivity index (χ1) is 12.1. The number of unbranched alkanes of at least 4 members (excludes halogenated alkanes) is 1. The number of rotatable bonds is 8. The Morgan fingerprint density at radius 2 is 2.00 bits per heavy atom. The molecule has 0 heterocycles. The van der Waals surface area contributed by atoms with Crippen molar-refractivity contribution in [3.8, 4) is 17.6 Å². The van der Waals surface area contributed by atoms with Crippen molar-refractivity contribution in [2.75, 3.05) is 18.5 Å². The van der Waals surface area contributed by atoms with Gasteiger partial charge < -0.3 is 14.8 Å². The summed E-state index contributed by atoms with van der Waals surface area (Å²) in [7, 11) is 0. The predicted octanol–water partition coefficient (Wildman–Crippen LogP) is 4.18. The number of carbonyl (C=O) groups excluding carboxylic acids is 1. The van der Waals surface area contributed by atoms with Crippen molar-refractivity contribution in [2.45, 2.75) is 12.8 Å². The van der Waals surface area contributed by atoms with Crippen LogP contribution < -0.4 is 14.8 Å². The van der Waals surface area contributed by atoms with Gasteiger partial charge in [-0.2, -0.15) is 5.26 Å². The number of nitrogens with one attached hydrogen (secondary N) is 1. The number of carbonyl (C=O) groups is 1. The van der Waals surface area contributed by atoms with Crippen molar-refractivity contribution in [3.63, 3.8) is 0 Å². The zero-order valence-corrected chi connectivity index (χ0v) is 14.1. The summed E-state index contributed by atoms with van der Waals surface area (Å²) in [6.45, 7) is 0.189. The van der Waals surface area contributed by atoms with Crippen LogP contribution in [0.5, 0.6) is 11.5 Å². The van der Waals surface area contributed by atoms with Gasteiger partial charge in [0.25, 0.3) is 5.91 Å². The maximum Gasteiger partial charge on any atom is 0.262 e. The molecular formula is C18H16ClFN2O3. The molecule has 0 spiro atoms. The fraction of sp³-hybridized carbons (Fsp3) is 0.222. The quantitative estimate of drug-likeness (QED) is 0.715. The van der Waals surface area contributed by atoms with Gasteiger partial charge in [-0.05, 0) is 30.7 Å². The molecule has 0 saturated carbocycles. The van der Waals surface area contributed by atoms with Crippen LogP contribution in [0, 0.1) is 17.1 Å². The summed E-state index contributed by atoms with van der Waals surface area (Å²) in [6.07, 6.45) is 1.07. The largest absolute Gasteiger partial charge is 0.493 e. The Labute approximate surface area is 149 Å². The number of anilines is 1. The van der Waals surface area contributed by atoms with Crippen LogP contribution in [0.4, 0.5) is 10.1 Å². The van der Waals surface area contributed by atoms with E-state index in [0.717, 1.165) is 0 Å². The molecule has 0 radical (unpaired) electrons. The third-order valence-corrected chi connectivity index (χ3v) is 3.37. The summed E-state index contributed by atoms with van der Waals surface area (Å²) in [6, 6.07) is 12.8. The zero-order chi connectivity index (χ0) is 18.1. The van der Waals surface area contributed by atoms with E-state index in [-0.39, 0.29) is 17.5 Å².